The fourth-order valence-corrected chi connectivity index (χ4v) is 3.17. The Morgan fingerprint density at radius 1 is 1.21 bits per heavy atom. The maximum Gasteiger partial charge on any atom is 0.191 e. The van der Waals surface area contributed by atoms with Crippen LogP contribution in [0.1, 0.15) is 20.8 Å². The highest BCUT2D eigenvalue weighted by atomic mass is 28.4. The molecular formula is C13H26O5Si. The van der Waals surface area contributed by atoms with Gasteiger partial charge >= 0.3 is 0 Å². The van der Waals surface area contributed by atoms with E-state index in [1.807, 2.05) is 0 Å². The minimum atomic E-state index is -1.83. The van der Waals surface area contributed by atoms with Crippen LogP contribution in [0.2, 0.25) is 18.1 Å². The van der Waals surface area contributed by atoms with Crippen LogP contribution >= 0.6 is 0 Å². The van der Waals surface area contributed by atoms with E-state index in [4.69, 9.17) is 18.6 Å². The summed E-state index contributed by atoms with van der Waals surface area (Å²) in [7, 11) is -1.83. The molecule has 0 amide bonds. The first-order chi connectivity index (χ1) is 8.72. The summed E-state index contributed by atoms with van der Waals surface area (Å²) in [4.78, 5) is 0. The Hall–Kier alpha value is 0.0169. The molecule has 2 aliphatic rings. The van der Waals surface area contributed by atoms with Crippen molar-refractivity contribution in [3.8, 4) is 0 Å². The van der Waals surface area contributed by atoms with Gasteiger partial charge in [0.15, 0.2) is 14.6 Å². The summed E-state index contributed by atoms with van der Waals surface area (Å²) in [5.41, 5.74) is 0. The highest BCUT2D eigenvalue weighted by Gasteiger charge is 2.46. The van der Waals surface area contributed by atoms with Gasteiger partial charge in [-0.2, -0.15) is 0 Å². The highest BCUT2D eigenvalue weighted by Crippen LogP contribution is 2.38. The molecule has 2 rings (SSSR count). The fourth-order valence-electron chi connectivity index (χ4n) is 2.13. The molecule has 0 spiro atoms. The number of hydrogen-bond acceptors (Lipinski definition) is 5. The van der Waals surface area contributed by atoms with E-state index in [0.29, 0.717) is 13.2 Å². The molecule has 0 aliphatic carbocycles. The van der Waals surface area contributed by atoms with Crippen LogP contribution in [0.4, 0.5) is 0 Å². The van der Waals surface area contributed by atoms with Crippen molar-refractivity contribution < 1.29 is 23.7 Å². The van der Waals surface area contributed by atoms with Crippen molar-refractivity contribution in [2.45, 2.75) is 57.4 Å². The quantitative estimate of drug-likeness (QED) is 0.802. The Morgan fingerprint density at radius 3 is 2.53 bits per heavy atom. The smallest absolute Gasteiger partial charge is 0.191 e. The number of hydrogen-bond donors (Lipinski definition) is 1. The van der Waals surface area contributed by atoms with Crippen molar-refractivity contribution in [2.75, 3.05) is 20.0 Å². The van der Waals surface area contributed by atoms with E-state index in [9.17, 15) is 5.11 Å². The van der Waals surface area contributed by atoms with Crippen LogP contribution in [0, 0.1) is 5.92 Å². The molecule has 0 aromatic carbocycles. The van der Waals surface area contributed by atoms with Crippen LogP contribution in [-0.2, 0) is 18.6 Å². The first-order valence-corrected chi connectivity index (χ1v) is 9.80. The molecule has 0 saturated carbocycles. The number of fused-ring (bicyclic) bond motifs is 1. The molecule has 2 aliphatic heterocycles. The van der Waals surface area contributed by atoms with Gasteiger partial charge < -0.3 is 23.7 Å². The highest BCUT2D eigenvalue weighted by molar-refractivity contribution is 6.74. The summed E-state index contributed by atoms with van der Waals surface area (Å²) in [6.45, 7) is 12.1. The minimum Gasteiger partial charge on any atom is -0.416 e. The Morgan fingerprint density at radius 2 is 1.89 bits per heavy atom. The molecule has 2 fully saturated rings. The number of aliphatic hydroxyl groups excluding tert-OH is 1. The minimum absolute atomic E-state index is 0.0728. The standard InChI is InChI=1S/C13H26O5Si/c1-13(2,3)19(4,5)18-6-9-11-10(16-8-17-11)7-15-12(9)14/h9-12,14H,6-8H2,1-5H3/t9-,10-,11+,12?/m1/s1. The van der Waals surface area contributed by atoms with Gasteiger partial charge in [-0.3, -0.25) is 0 Å². The van der Waals surface area contributed by atoms with E-state index in [-0.39, 0.29) is 30.0 Å². The van der Waals surface area contributed by atoms with Crippen LogP contribution in [0.15, 0.2) is 0 Å². The van der Waals surface area contributed by atoms with Crippen molar-refractivity contribution >= 4 is 8.32 Å². The maximum atomic E-state index is 9.99. The van der Waals surface area contributed by atoms with Crippen LogP contribution in [0.25, 0.3) is 0 Å². The predicted octanol–water partition coefficient (Wildman–Crippen LogP) is 1.71. The van der Waals surface area contributed by atoms with E-state index in [1.165, 1.54) is 0 Å². The molecule has 0 aromatic rings. The zero-order chi connectivity index (χ0) is 14.3. The molecule has 1 N–H and O–H groups in total. The van der Waals surface area contributed by atoms with Crippen LogP contribution < -0.4 is 0 Å². The second kappa shape index (κ2) is 5.42. The van der Waals surface area contributed by atoms with E-state index in [0.717, 1.165) is 0 Å². The summed E-state index contributed by atoms with van der Waals surface area (Å²) in [5, 5.41) is 10.1. The third-order valence-corrected chi connectivity index (χ3v) is 9.07. The molecule has 5 nitrogen and oxygen atoms in total. The summed E-state index contributed by atoms with van der Waals surface area (Å²) in [6, 6.07) is 0. The van der Waals surface area contributed by atoms with Gasteiger partial charge in [-0.15, -0.1) is 0 Å². The first kappa shape index (κ1) is 15.4. The summed E-state index contributed by atoms with van der Waals surface area (Å²) >= 11 is 0. The molecule has 1 unspecified atom stereocenters. The zero-order valence-corrected chi connectivity index (χ0v) is 13.5. The van der Waals surface area contributed by atoms with E-state index in [1.54, 1.807) is 0 Å². The lowest BCUT2D eigenvalue weighted by Crippen LogP contribution is -2.51. The van der Waals surface area contributed by atoms with Crippen molar-refractivity contribution in [1.82, 2.24) is 0 Å². The zero-order valence-electron chi connectivity index (χ0n) is 12.5. The van der Waals surface area contributed by atoms with Gasteiger partial charge in [0.25, 0.3) is 0 Å². The molecule has 2 saturated heterocycles. The first-order valence-electron chi connectivity index (χ1n) is 6.89. The summed E-state index contributed by atoms with van der Waals surface area (Å²) in [5.74, 6) is -0.171. The van der Waals surface area contributed by atoms with Crippen LogP contribution in [0.5, 0.6) is 0 Å². The SMILES string of the molecule is CC(C)(C)[Si](C)(C)OC[C@H]1C(O)OC[C@H]2OCO[C@H]21. The van der Waals surface area contributed by atoms with Crippen molar-refractivity contribution in [3.05, 3.63) is 0 Å². The molecule has 19 heavy (non-hydrogen) atoms. The van der Waals surface area contributed by atoms with Gasteiger partial charge in [0, 0.05) is 6.61 Å². The van der Waals surface area contributed by atoms with E-state index >= 15 is 0 Å². The monoisotopic (exact) mass is 290 g/mol. The van der Waals surface area contributed by atoms with Gasteiger partial charge in [0.1, 0.15) is 12.9 Å². The normalized spacial score (nSPS) is 36.3. The Balaban J connectivity index is 1.97. The van der Waals surface area contributed by atoms with E-state index < -0.39 is 14.6 Å². The van der Waals surface area contributed by atoms with Gasteiger partial charge in [-0.1, -0.05) is 20.8 Å². The van der Waals surface area contributed by atoms with Gasteiger partial charge in [0.05, 0.1) is 18.6 Å². The topological polar surface area (TPSA) is 57.2 Å². The number of ether oxygens (including phenoxy) is 3. The van der Waals surface area contributed by atoms with Crippen LogP contribution in [0.3, 0.4) is 0 Å². The second-order valence-electron chi connectivity index (χ2n) is 6.91. The average molecular weight is 290 g/mol. The van der Waals surface area contributed by atoms with Gasteiger partial charge in [-0.05, 0) is 18.1 Å². The van der Waals surface area contributed by atoms with Gasteiger partial charge in [0.2, 0.25) is 0 Å². The average Bonchev–Trinajstić information content (AvgIpc) is 2.74. The molecule has 0 radical (unpaired) electrons. The Bertz CT molecular complexity index is 315. The molecule has 112 valence electrons. The number of rotatable bonds is 3. The fraction of sp³-hybridized carbons (Fsp3) is 1.00. The van der Waals surface area contributed by atoms with Crippen molar-refractivity contribution in [3.63, 3.8) is 0 Å². The lowest BCUT2D eigenvalue weighted by Gasteiger charge is -2.40. The van der Waals surface area contributed by atoms with Crippen molar-refractivity contribution in [2.24, 2.45) is 5.92 Å². The molecule has 0 aromatic heterocycles. The largest absolute Gasteiger partial charge is 0.416 e. The lowest BCUT2D eigenvalue weighted by atomic mass is 9.96. The molecular weight excluding hydrogens is 264 g/mol. The molecule has 2 heterocycles. The van der Waals surface area contributed by atoms with E-state index in [2.05, 4.69) is 33.9 Å². The predicted molar refractivity (Wildman–Crippen MR) is 73.2 cm³/mol. The maximum absolute atomic E-state index is 9.99. The van der Waals surface area contributed by atoms with Gasteiger partial charge in [-0.25, -0.2) is 0 Å². The van der Waals surface area contributed by atoms with Crippen molar-refractivity contribution in [1.29, 1.82) is 0 Å². The third kappa shape index (κ3) is 3.20. The molecule has 0 bridgehead atoms. The Kier molecular flexibility index (Phi) is 4.40. The molecule has 4 atom stereocenters. The third-order valence-electron chi connectivity index (χ3n) is 4.57. The second-order valence-corrected chi connectivity index (χ2v) is 11.7. The number of aliphatic hydroxyl groups is 1. The summed E-state index contributed by atoms with van der Waals surface area (Å²) < 4.78 is 22.5. The Labute approximate surface area is 116 Å². The van der Waals surface area contributed by atoms with Crippen LogP contribution in [-0.4, -0.2) is 51.9 Å². The lowest BCUT2D eigenvalue weighted by molar-refractivity contribution is -0.210. The molecule has 6 heteroatoms. The summed E-state index contributed by atoms with van der Waals surface area (Å²) in [6.07, 6.45) is -1.02.